The van der Waals surface area contributed by atoms with E-state index in [-0.39, 0.29) is 22.0 Å². The van der Waals surface area contributed by atoms with Crippen LogP contribution in [0.2, 0.25) is 5.02 Å². The van der Waals surface area contributed by atoms with E-state index in [1.165, 1.54) is 19.2 Å². The fourth-order valence-corrected chi connectivity index (χ4v) is 1.86. The minimum atomic E-state index is -0.824. The van der Waals surface area contributed by atoms with Gasteiger partial charge in [-0.15, -0.1) is 0 Å². The molecule has 0 spiro atoms. The molecule has 0 bridgehead atoms. The number of methoxy groups -OCH3 is 1. The van der Waals surface area contributed by atoms with Gasteiger partial charge in [-0.2, -0.15) is 0 Å². The van der Waals surface area contributed by atoms with Crippen LogP contribution in [-0.4, -0.2) is 38.2 Å². The smallest absolute Gasteiger partial charge is 0.342 e. The van der Waals surface area contributed by atoms with Gasteiger partial charge < -0.3 is 20.5 Å². The summed E-state index contributed by atoms with van der Waals surface area (Å²) in [4.78, 5) is 35.0. The van der Waals surface area contributed by atoms with Crippen LogP contribution in [-0.2, 0) is 9.53 Å². The Bertz CT molecular complexity index is 621. The second-order valence-electron chi connectivity index (χ2n) is 4.81. The van der Waals surface area contributed by atoms with Gasteiger partial charge in [0, 0.05) is 12.6 Å². The Kier molecular flexibility index (Phi) is 7.84. The van der Waals surface area contributed by atoms with E-state index in [0.717, 1.165) is 12.8 Å². The van der Waals surface area contributed by atoms with Gasteiger partial charge in [0.05, 0.1) is 17.8 Å². The fourth-order valence-electron chi connectivity index (χ4n) is 1.69. The van der Waals surface area contributed by atoms with Crippen LogP contribution >= 0.6 is 11.6 Å². The second kappa shape index (κ2) is 9.61. The van der Waals surface area contributed by atoms with Crippen LogP contribution < -0.4 is 21.1 Å². The quantitative estimate of drug-likeness (QED) is 0.388. The van der Waals surface area contributed by atoms with E-state index < -0.39 is 24.5 Å². The number of carbonyl (C=O) groups is 3. The number of nitrogen functional groups attached to an aromatic ring is 1. The molecule has 0 atom stereocenters. The van der Waals surface area contributed by atoms with Gasteiger partial charge in [0.15, 0.2) is 6.61 Å². The molecule has 0 saturated carbocycles. The van der Waals surface area contributed by atoms with Crippen molar-refractivity contribution in [1.29, 1.82) is 0 Å². The lowest BCUT2D eigenvalue weighted by Crippen LogP contribution is -2.41. The molecule has 1 rings (SSSR count). The Morgan fingerprint density at radius 1 is 1.29 bits per heavy atom. The van der Waals surface area contributed by atoms with Crippen molar-refractivity contribution in [2.24, 2.45) is 0 Å². The zero-order chi connectivity index (χ0) is 18.1. The first-order chi connectivity index (χ1) is 11.4. The second-order valence-corrected chi connectivity index (χ2v) is 5.21. The lowest BCUT2D eigenvalue weighted by Gasteiger charge is -2.11. The highest BCUT2D eigenvalue weighted by Gasteiger charge is 2.18. The molecule has 0 aliphatic carbocycles. The highest BCUT2D eigenvalue weighted by atomic mass is 35.5. The molecule has 0 aliphatic heterocycles. The lowest BCUT2D eigenvalue weighted by molar-refractivity contribution is -0.123. The summed E-state index contributed by atoms with van der Waals surface area (Å²) in [5, 5.41) is 4.71. The van der Waals surface area contributed by atoms with Gasteiger partial charge in [-0.25, -0.2) is 9.59 Å². The minimum absolute atomic E-state index is 0.0249. The number of amides is 3. The molecule has 24 heavy (non-hydrogen) atoms. The number of urea groups is 1. The van der Waals surface area contributed by atoms with Crippen molar-refractivity contribution in [3.05, 3.63) is 22.7 Å². The van der Waals surface area contributed by atoms with E-state index in [9.17, 15) is 14.4 Å². The number of unbranched alkanes of at least 4 members (excludes halogenated alkanes) is 1. The first kappa shape index (κ1) is 19.6. The first-order valence-corrected chi connectivity index (χ1v) is 7.64. The van der Waals surface area contributed by atoms with Gasteiger partial charge in [0.25, 0.3) is 5.91 Å². The Hall–Kier alpha value is -2.48. The summed E-state index contributed by atoms with van der Waals surface area (Å²) in [6.45, 7) is 1.81. The normalized spacial score (nSPS) is 9.96. The number of hydrogen-bond acceptors (Lipinski definition) is 6. The third kappa shape index (κ3) is 5.96. The van der Waals surface area contributed by atoms with Crippen LogP contribution in [0.25, 0.3) is 0 Å². The van der Waals surface area contributed by atoms with Crippen molar-refractivity contribution < 1.29 is 23.9 Å². The molecule has 4 N–H and O–H groups in total. The third-order valence-corrected chi connectivity index (χ3v) is 3.27. The van der Waals surface area contributed by atoms with E-state index in [1.807, 2.05) is 6.92 Å². The standard InChI is InChI=1S/C15H20ClN3O5/c1-3-4-5-18-15(22)19-13(20)8-24-14(21)9-6-10(16)11(17)7-12(9)23-2/h6-7H,3-5,8,17H2,1-2H3,(H2,18,19,20,22). The lowest BCUT2D eigenvalue weighted by atomic mass is 10.2. The molecule has 0 saturated heterocycles. The van der Waals surface area contributed by atoms with Gasteiger partial charge in [-0.05, 0) is 12.5 Å². The largest absolute Gasteiger partial charge is 0.496 e. The van der Waals surface area contributed by atoms with Crippen molar-refractivity contribution in [3.8, 4) is 5.75 Å². The molecular weight excluding hydrogens is 338 g/mol. The molecule has 3 amide bonds. The van der Waals surface area contributed by atoms with Crippen molar-refractivity contribution in [2.75, 3.05) is 26.0 Å². The predicted octanol–water partition coefficient (Wildman–Crippen LogP) is 1.71. The summed E-state index contributed by atoms with van der Waals surface area (Å²) in [5.74, 6) is -1.41. The molecular formula is C15H20ClN3O5. The van der Waals surface area contributed by atoms with Crippen LogP contribution in [0.4, 0.5) is 10.5 Å². The number of anilines is 1. The van der Waals surface area contributed by atoms with Crippen LogP contribution in [0.3, 0.4) is 0 Å². The summed E-state index contributed by atoms with van der Waals surface area (Å²) in [5.41, 5.74) is 5.89. The van der Waals surface area contributed by atoms with Gasteiger partial charge in [0.2, 0.25) is 0 Å². The Balaban J connectivity index is 2.55. The van der Waals surface area contributed by atoms with E-state index >= 15 is 0 Å². The van der Waals surface area contributed by atoms with Crippen LogP contribution in [0, 0.1) is 0 Å². The monoisotopic (exact) mass is 357 g/mol. The topological polar surface area (TPSA) is 120 Å². The Labute approximate surface area is 144 Å². The molecule has 0 radical (unpaired) electrons. The number of rotatable bonds is 7. The van der Waals surface area contributed by atoms with Crippen LogP contribution in [0.15, 0.2) is 12.1 Å². The number of nitrogens with two attached hydrogens (primary N) is 1. The average Bonchev–Trinajstić information content (AvgIpc) is 2.54. The van der Waals surface area contributed by atoms with Crippen molar-refractivity contribution in [2.45, 2.75) is 19.8 Å². The molecule has 0 aliphatic rings. The molecule has 0 fully saturated rings. The number of halogens is 1. The van der Waals surface area contributed by atoms with Crippen molar-refractivity contribution in [1.82, 2.24) is 10.6 Å². The van der Waals surface area contributed by atoms with Crippen molar-refractivity contribution >= 4 is 35.2 Å². The summed E-state index contributed by atoms with van der Waals surface area (Å²) < 4.78 is 9.87. The maximum absolute atomic E-state index is 12.0. The molecule has 0 heterocycles. The molecule has 1 aromatic carbocycles. The fraction of sp³-hybridized carbons (Fsp3) is 0.400. The summed E-state index contributed by atoms with van der Waals surface area (Å²) >= 11 is 5.86. The van der Waals surface area contributed by atoms with Gasteiger partial charge in [0.1, 0.15) is 11.3 Å². The number of esters is 1. The zero-order valence-corrected chi connectivity index (χ0v) is 14.2. The number of imide groups is 1. The Morgan fingerprint density at radius 3 is 2.62 bits per heavy atom. The molecule has 9 heteroatoms. The van der Waals surface area contributed by atoms with E-state index in [4.69, 9.17) is 26.8 Å². The molecule has 8 nitrogen and oxygen atoms in total. The maximum atomic E-state index is 12.0. The highest BCUT2D eigenvalue weighted by Crippen LogP contribution is 2.29. The van der Waals surface area contributed by atoms with Crippen LogP contribution in [0.1, 0.15) is 30.1 Å². The van der Waals surface area contributed by atoms with Gasteiger partial charge in [-0.1, -0.05) is 24.9 Å². The molecule has 132 valence electrons. The first-order valence-electron chi connectivity index (χ1n) is 7.26. The molecule has 1 aromatic rings. The van der Waals surface area contributed by atoms with Gasteiger partial charge in [-0.3, -0.25) is 10.1 Å². The summed E-state index contributed by atoms with van der Waals surface area (Å²) in [6, 6.07) is 2.02. The van der Waals surface area contributed by atoms with E-state index in [1.54, 1.807) is 0 Å². The number of hydrogen-bond donors (Lipinski definition) is 3. The summed E-state index contributed by atoms with van der Waals surface area (Å²) in [6.07, 6.45) is 1.71. The molecule has 0 unspecified atom stereocenters. The molecule has 0 aromatic heterocycles. The maximum Gasteiger partial charge on any atom is 0.342 e. The zero-order valence-electron chi connectivity index (χ0n) is 13.5. The third-order valence-electron chi connectivity index (χ3n) is 2.94. The van der Waals surface area contributed by atoms with E-state index in [0.29, 0.717) is 6.54 Å². The predicted molar refractivity (Wildman–Crippen MR) is 89.1 cm³/mol. The summed E-state index contributed by atoms with van der Waals surface area (Å²) in [7, 11) is 1.35. The van der Waals surface area contributed by atoms with Gasteiger partial charge >= 0.3 is 12.0 Å². The minimum Gasteiger partial charge on any atom is -0.496 e. The number of carbonyl (C=O) groups excluding carboxylic acids is 3. The van der Waals surface area contributed by atoms with Crippen molar-refractivity contribution in [3.63, 3.8) is 0 Å². The SMILES string of the molecule is CCCCNC(=O)NC(=O)COC(=O)c1cc(Cl)c(N)cc1OC. The average molecular weight is 358 g/mol. The van der Waals surface area contributed by atoms with E-state index in [2.05, 4.69) is 10.6 Å². The number of nitrogens with one attached hydrogen (secondary N) is 2. The Morgan fingerprint density at radius 2 is 2.00 bits per heavy atom. The number of ether oxygens (including phenoxy) is 2. The highest BCUT2D eigenvalue weighted by molar-refractivity contribution is 6.33. The van der Waals surface area contributed by atoms with Crippen LogP contribution in [0.5, 0.6) is 5.75 Å². The number of benzene rings is 1.